The number of hydrogen-bond donors (Lipinski definition) is 0. The van der Waals surface area contributed by atoms with E-state index in [4.69, 9.17) is 0 Å². The number of hydrogen-bond acceptors (Lipinski definition) is 5. The molecule has 0 fully saturated rings. The van der Waals surface area contributed by atoms with Crippen molar-refractivity contribution in [1.82, 2.24) is 14.8 Å². The molecule has 0 saturated carbocycles. The Morgan fingerprint density at radius 3 is 2.73 bits per heavy atom. The molecule has 6 heteroatoms. The average molecular weight is 331 g/mol. The van der Waals surface area contributed by atoms with E-state index in [9.17, 15) is 4.79 Å². The van der Waals surface area contributed by atoms with Crippen LogP contribution in [0.25, 0.3) is 10.9 Å². The molecule has 2 aromatic heterocycles. The summed E-state index contributed by atoms with van der Waals surface area (Å²) >= 11 is 2.99. The van der Waals surface area contributed by atoms with E-state index in [-0.39, 0.29) is 5.78 Å². The van der Waals surface area contributed by atoms with Crippen LogP contribution in [-0.4, -0.2) is 26.3 Å². The van der Waals surface area contributed by atoms with Crippen LogP contribution < -0.4 is 0 Å². The summed E-state index contributed by atoms with van der Waals surface area (Å²) in [6.07, 6.45) is 0. The number of nitrogens with zero attached hydrogens (tertiary/aromatic N) is 3. The van der Waals surface area contributed by atoms with E-state index < -0.39 is 0 Å². The summed E-state index contributed by atoms with van der Waals surface area (Å²) in [7, 11) is 0. The molecule has 0 saturated heterocycles. The first kappa shape index (κ1) is 15.2. The van der Waals surface area contributed by atoms with E-state index in [1.54, 1.807) is 0 Å². The maximum Gasteiger partial charge on any atom is 0.175 e. The molecule has 1 aromatic carbocycles. The van der Waals surface area contributed by atoms with Crippen LogP contribution in [0.1, 0.15) is 28.0 Å². The molecule has 0 aliphatic carbocycles. The van der Waals surface area contributed by atoms with Crippen molar-refractivity contribution in [2.75, 3.05) is 5.75 Å². The van der Waals surface area contributed by atoms with Gasteiger partial charge in [-0.25, -0.2) is 0 Å². The SMILES string of the molecule is CCn1c(C)c(C(=O)CSc2nnc(C)s2)c2ccccc21. The van der Waals surface area contributed by atoms with Crippen LogP contribution >= 0.6 is 23.1 Å². The number of rotatable bonds is 5. The predicted molar refractivity (Wildman–Crippen MR) is 92.0 cm³/mol. The number of Topliss-reactive ketones (excluding diaryl/α,β-unsaturated/α-hetero) is 1. The number of carbonyl (C=O) groups is 1. The van der Waals surface area contributed by atoms with Crippen molar-refractivity contribution in [3.8, 4) is 0 Å². The van der Waals surface area contributed by atoms with Gasteiger partial charge < -0.3 is 4.57 Å². The highest BCUT2D eigenvalue weighted by atomic mass is 32.2. The second-order valence-electron chi connectivity index (χ2n) is 5.02. The maximum absolute atomic E-state index is 12.7. The van der Waals surface area contributed by atoms with Crippen LogP contribution in [0.4, 0.5) is 0 Å². The number of para-hydroxylation sites is 1. The quantitative estimate of drug-likeness (QED) is 0.521. The highest BCUT2D eigenvalue weighted by Gasteiger charge is 2.19. The number of fused-ring (bicyclic) bond motifs is 1. The average Bonchev–Trinajstić information content (AvgIpc) is 3.05. The van der Waals surface area contributed by atoms with Crippen LogP contribution in [0.5, 0.6) is 0 Å². The highest BCUT2D eigenvalue weighted by molar-refractivity contribution is 8.01. The van der Waals surface area contributed by atoms with Crippen LogP contribution in [0.2, 0.25) is 0 Å². The van der Waals surface area contributed by atoms with Crippen molar-refractivity contribution < 1.29 is 4.79 Å². The van der Waals surface area contributed by atoms with Crippen LogP contribution in [0, 0.1) is 13.8 Å². The predicted octanol–water partition coefficient (Wildman–Crippen LogP) is 4.10. The fourth-order valence-electron chi connectivity index (χ4n) is 2.73. The molecule has 3 rings (SSSR count). The second-order valence-corrected chi connectivity index (χ2v) is 7.42. The van der Waals surface area contributed by atoms with Crippen molar-refractivity contribution in [1.29, 1.82) is 0 Å². The molecule has 0 radical (unpaired) electrons. The summed E-state index contributed by atoms with van der Waals surface area (Å²) in [4.78, 5) is 12.7. The molecule has 0 unspecified atom stereocenters. The Bertz CT molecular complexity index is 835. The van der Waals surface area contributed by atoms with Gasteiger partial charge in [0, 0.05) is 28.7 Å². The van der Waals surface area contributed by atoms with Crippen molar-refractivity contribution in [2.24, 2.45) is 0 Å². The third kappa shape index (κ3) is 2.68. The topological polar surface area (TPSA) is 47.8 Å². The van der Waals surface area contributed by atoms with Gasteiger partial charge >= 0.3 is 0 Å². The van der Waals surface area contributed by atoms with Gasteiger partial charge in [0.1, 0.15) is 5.01 Å². The van der Waals surface area contributed by atoms with Crippen molar-refractivity contribution in [3.63, 3.8) is 0 Å². The van der Waals surface area contributed by atoms with Crippen molar-refractivity contribution in [2.45, 2.75) is 31.7 Å². The molecule has 114 valence electrons. The minimum absolute atomic E-state index is 0.152. The van der Waals surface area contributed by atoms with Crippen LogP contribution in [0.15, 0.2) is 28.6 Å². The molecule has 0 amide bonds. The molecule has 0 N–H and O–H groups in total. The lowest BCUT2D eigenvalue weighted by Crippen LogP contribution is -2.05. The Morgan fingerprint density at radius 2 is 2.05 bits per heavy atom. The zero-order valence-corrected chi connectivity index (χ0v) is 14.4. The molecule has 22 heavy (non-hydrogen) atoms. The van der Waals surface area contributed by atoms with Crippen LogP contribution in [0.3, 0.4) is 0 Å². The number of ketones is 1. The number of benzene rings is 1. The first-order valence-electron chi connectivity index (χ1n) is 7.15. The molecular weight excluding hydrogens is 314 g/mol. The molecule has 4 nitrogen and oxygen atoms in total. The zero-order valence-electron chi connectivity index (χ0n) is 12.8. The van der Waals surface area contributed by atoms with Crippen molar-refractivity contribution >= 4 is 39.8 Å². The van der Waals surface area contributed by atoms with E-state index in [0.29, 0.717) is 5.75 Å². The van der Waals surface area contributed by atoms with Gasteiger partial charge in [-0.2, -0.15) is 0 Å². The van der Waals surface area contributed by atoms with E-state index in [1.807, 2.05) is 32.0 Å². The lowest BCUT2D eigenvalue weighted by atomic mass is 10.1. The lowest BCUT2D eigenvalue weighted by molar-refractivity contribution is 0.102. The standard InChI is InChI=1S/C16H17N3OS2/c1-4-19-10(2)15(12-7-5-6-8-13(12)19)14(20)9-21-16-18-17-11(3)22-16/h5-8H,4,9H2,1-3H3. The van der Waals surface area contributed by atoms with Gasteiger partial charge in [0.05, 0.1) is 5.75 Å². The summed E-state index contributed by atoms with van der Waals surface area (Å²) in [6, 6.07) is 8.10. The molecule has 0 spiro atoms. The minimum atomic E-state index is 0.152. The van der Waals surface area contributed by atoms with E-state index in [2.05, 4.69) is 27.8 Å². The lowest BCUT2D eigenvalue weighted by Gasteiger charge is -2.04. The highest BCUT2D eigenvalue weighted by Crippen LogP contribution is 2.29. The van der Waals surface area contributed by atoms with Crippen molar-refractivity contribution in [3.05, 3.63) is 40.5 Å². The monoisotopic (exact) mass is 331 g/mol. The van der Waals surface area contributed by atoms with Gasteiger partial charge in [-0.05, 0) is 26.8 Å². The Hall–Kier alpha value is -1.66. The number of thioether (sulfide) groups is 1. The van der Waals surface area contributed by atoms with Gasteiger partial charge in [-0.15, -0.1) is 10.2 Å². The Kier molecular flexibility index (Phi) is 4.31. The second kappa shape index (κ2) is 6.22. The Balaban J connectivity index is 1.92. The molecule has 0 bridgehead atoms. The fourth-order valence-corrected chi connectivity index (χ4v) is 4.41. The van der Waals surface area contributed by atoms with Gasteiger partial charge in [0.2, 0.25) is 0 Å². The number of aromatic nitrogens is 3. The molecule has 2 heterocycles. The van der Waals surface area contributed by atoms with E-state index in [1.165, 1.54) is 23.1 Å². The van der Waals surface area contributed by atoms with E-state index >= 15 is 0 Å². The number of aryl methyl sites for hydroxylation is 2. The minimum Gasteiger partial charge on any atom is -0.344 e. The van der Waals surface area contributed by atoms with Gasteiger partial charge in [0.25, 0.3) is 0 Å². The molecule has 0 atom stereocenters. The third-order valence-electron chi connectivity index (χ3n) is 3.66. The van der Waals surface area contributed by atoms with Gasteiger partial charge in [-0.1, -0.05) is 41.3 Å². The first-order valence-corrected chi connectivity index (χ1v) is 8.96. The Morgan fingerprint density at radius 1 is 1.27 bits per heavy atom. The van der Waals surface area contributed by atoms with Gasteiger partial charge in [-0.3, -0.25) is 4.79 Å². The summed E-state index contributed by atoms with van der Waals surface area (Å²) in [5.74, 6) is 0.548. The molecule has 0 aliphatic heterocycles. The Labute approximate surface area is 137 Å². The summed E-state index contributed by atoms with van der Waals surface area (Å²) in [6.45, 7) is 6.91. The normalized spacial score (nSPS) is 11.2. The van der Waals surface area contributed by atoms with Crippen LogP contribution in [-0.2, 0) is 6.54 Å². The summed E-state index contributed by atoms with van der Waals surface area (Å²) in [5, 5.41) is 10.0. The number of carbonyl (C=O) groups excluding carboxylic acids is 1. The summed E-state index contributed by atoms with van der Waals surface area (Å²) < 4.78 is 3.05. The third-order valence-corrected chi connectivity index (χ3v) is 5.63. The molecule has 3 aromatic rings. The maximum atomic E-state index is 12.7. The summed E-state index contributed by atoms with van der Waals surface area (Å²) in [5.41, 5.74) is 3.01. The fraction of sp³-hybridized carbons (Fsp3) is 0.312. The zero-order chi connectivity index (χ0) is 15.7. The smallest absolute Gasteiger partial charge is 0.175 e. The first-order chi connectivity index (χ1) is 10.6. The largest absolute Gasteiger partial charge is 0.344 e. The van der Waals surface area contributed by atoms with E-state index in [0.717, 1.165) is 38.1 Å². The van der Waals surface area contributed by atoms with Gasteiger partial charge in [0.15, 0.2) is 10.1 Å². The molecular formula is C16H17N3OS2. The molecule has 0 aliphatic rings.